The summed E-state index contributed by atoms with van der Waals surface area (Å²) in [5.41, 5.74) is 2.73. The average Bonchev–Trinajstić information content (AvgIpc) is 3.32. The number of rotatable bonds is 6. The number of amides is 3. The van der Waals surface area contributed by atoms with Crippen LogP contribution in [-0.2, 0) is 4.79 Å². The second-order valence-corrected chi connectivity index (χ2v) is 9.10. The van der Waals surface area contributed by atoms with E-state index in [9.17, 15) is 14.4 Å². The summed E-state index contributed by atoms with van der Waals surface area (Å²) in [5, 5.41) is 8.18. The molecule has 5 rings (SSSR count). The van der Waals surface area contributed by atoms with Crippen LogP contribution in [0.2, 0.25) is 0 Å². The molecule has 2 N–H and O–H groups in total. The van der Waals surface area contributed by atoms with E-state index in [0.717, 1.165) is 30.5 Å². The Morgan fingerprint density at radius 1 is 0.970 bits per heavy atom. The molecule has 1 aliphatic heterocycles. The van der Waals surface area contributed by atoms with Gasteiger partial charge in [0, 0.05) is 47.1 Å². The highest BCUT2D eigenvalue weighted by Gasteiger charge is 2.35. The van der Waals surface area contributed by atoms with E-state index in [2.05, 4.69) is 20.6 Å². The van der Waals surface area contributed by atoms with Gasteiger partial charge in [-0.2, -0.15) is 0 Å². The van der Waals surface area contributed by atoms with Crippen molar-refractivity contribution in [2.45, 2.75) is 37.8 Å². The largest absolute Gasteiger partial charge is 0.349 e. The van der Waals surface area contributed by atoms with Gasteiger partial charge in [-0.1, -0.05) is 12.1 Å². The number of benzene rings is 1. The Labute approximate surface area is 195 Å². The summed E-state index contributed by atoms with van der Waals surface area (Å²) < 4.78 is 0. The van der Waals surface area contributed by atoms with E-state index in [1.807, 2.05) is 17.5 Å². The predicted octanol–water partition coefficient (Wildman–Crippen LogP) is 3.34. The first-order valence-corrected chi connectivity index (χ1v) is 11.8. The minimum absolute atomic E-state index is 0.0577. The third-order valence-corrected chi connectivity index (χ3v) is 6.59. The number of pyridine rings is 1. The molecule has 9 heteroatoms. The summed E-state index contributed by atoms with van der Waals surface area (Å²) in [6, 6.07) is 10.4. The Bertz CT molecular complexity index is 1170. The molecule has 1 aromatic carbocycles. The maximum Gasteiger partial charge on any atom is 0.254 e. The molecule has 2 aliphatic rings. The molecule has 1 saturated heterocycles. The number of hydrogen-bond acceptors (Lipinski definition) is 6. The smallest absolute Gasteiger partial charge is 0.254 e. The third kappa shape index (κ3) is 4.78. The van der Waals surface area contributed by atoms with Gasteiger partial charge in [0.1, 0.15) is 6.04 Å². The molecule has 3 amide bonds. The second kappa shape index (κ2) is 9.11. The summed E-state index contributed by atoms with van der Waals surface area (Å²) in [7, 11) is 0. The van der Waals surface area contributed by atoms with E-state index in [0.29, 0.717) is 35.3 Å². The number of thiazole rings is 1. The summed E-state index contributed by atoms with van der Waals surface area (Å²) in [5.74, 6) is -0.457. The number of anilines is 1. The molecular weight excluding hydrogens is 438 g/mol. The molecule has 168 valence electrons. The molecule has 3 heterocycles. The number of likely N-dealkylation sites (tertiary alicyclic amines) is 1. The third-order valence-electron chi connectivity index (χ3n) is 5.83. The topological polar surface area (TPSA) is 104 Å². The molecule has 0 radical (unpaired) electrons. The van der Waals surface area contributed by atoms with Crippen LogP contribution in [0.3, 0.4) is 0 Å². The van der Waals surface area contributed by atoms with E-state index in [-0.39, 0.29) is 17.7 Å². The minimum atomic E-state index is -0.526. The second-order valence-electron chi connectivity index (χ2n) is 8.24. The summed E-state index contributed by atoms with van der Waals surface area (Å²) in [6.45, 7) is 0.545. The van der Waals surface area contributed by atoms with Crippen molar-refractivity contribution in [2.75, 3.05) is 11.9 Å². The number of carbonyl (C=O) groups is 3. The first kappa shape index (κ1) is 21.3. The van der Waals surface area contributed by atoms with Crippen LogP contribution in [0.5, 0.6) is 0 Å². The van der Waals surface area contributed by atoms with Gasteiger partial charge >= 0.3 is 0 Å². The van der Waals surface area contributed by atoms with Gasteiger partial charge in [0.15, 0.2) is 5.13 Å². The summed E-state index contributed by atoms with van der Waals surface area (Å²) in [4.78, 5) is 48.0. The first-order chi connectivity index (χ1) is 16.1. The van der Waals surface area contributed by atoms with E-state index in [4.69, 9.17) is 0 Å². The van der Waals surface area contributed by atoms with Crippen LogP contribution < -0.4 is 10.6 Å². The van der Waals surface area contributed by atoms with Gasteiger partial charge in [-0.3, -0.25) is 19.4 Å². The first-order valence-electron chi connectivity index (χ1n) is 11.0. The number of nitrogens with zero attached hydrogens (tertiary/aromatic N) is 3. The lowest BCUT2D eigenvalue weighted by molar-refractivity contribution is -0.119. The molecule has 3 aromatic rings. The Morgan fingerprint density at radius 2 is 1.73 bits per heavy atom. The van der Waals surface area contributed by atoms with Gasteiger partial charge in [0.05, 0.1) is 5.69 Å². The molecule has 1 saturated carbocycles. The molecule has 2 aromatic heterocycles. The zero-order valence-corrected chi connectivity index (χ0v) is 18.7. The van der Waals surface area contributed by atoms with Crippen molar-refractivity contribution >= 4 is 34.2 Å². The Kier molecular flexibility index (Phi) is 5.87. The lowest BCUT2D eigenvalue weighted by atomic mass is 10.1. The van der Waals surface area contributed by atoms with Gasteiger partial charge in [-0.05, 0) is 49.9 Å². The lowest BCUT2D eigenvalue weighted by Crippen LogP contribution is -2.43. The highest BCUT2D eigenvalue weighted by atomic mass is 32.1. The number of aromatic nitrogens is 2. The number of hydrogen-bond donors (Lipinski definition) is 2. The lowest BCUT2D eigenvalue weighted by Gasteiger charge is -2.23. The molecule has 1 unspecified atom stereocenters. The van der Waals surface area contributed by atoms with Crippen LogP contribution in [-0.4, -0.2) is 51.2 Å². The highest BCUT2D eigenvalue weighted by molar-refractivity contribution is 7.14. The highest BCUT2D eigenvalue weighted by Crippen LogP contribution is 2.27. The molecular formula is C24H23N5O3S. The van der Waals surface area contributed by atoms with Crippen LogP contribution in [0.1, 0.15) is 46.4 Å². The zero-order valence-electron chi connectivity index (χ0n) is 17.9. The zero-order chi connectivity index (χ0) is 22.8. The van der Waals surface area contributed by atoms with Crippen molar-refractivity contribution in [3.05, 3.63) is 65.3 Å². The Balaban J connectivity index is 1.23. The van der Waals surface area contributed by atoms with Crippen LogP contribution in [0.25, 0.3) is 11.3 Å². The van der Waals surface area contributed by atoms with Crippen molar-refractivity contribution in [3.8, 4) is 11.3 Å². The van der Waals surface area contributed by atoms with Gasteiger partial charge in [0.2, 0.25) is 5.91 Å². The van der Waals surface area contributed by atoms with E-state index >= 15 is 0 Å². The molecule has 0 spiro atoms. The summed E-state index contributed by atoms with van der Waals surface area (Å²) >= 11 is 1.33. The molecule has 8 nitrogen and oxygen atoms in total. The average molecular weight is 462 g/mol. The van der Waals surface area contributed by atoms with Gasteiger partial charge in [-0.25, -0.2) is 4.98 Å². The van der Waals surface area contributed by atoms with Crippen molar-refractivity contribution in [3.63, 3.8) is 0 Å². The van der Waals surface area contributed by atoms with E-state index in [1.54, 1.807) is 41.6 Å². The quantitative estimate of drug-likeness (QED) is 0.586. The monoisotopic (exact) mass is 461 g/mol. The fourth-order valence-corrected chi connectivity index (χ4v) is 4.61. The van der Waals surface area contributed by atoms with E-state index in [1.165, 1.54) is 11.3 Å². The number of carbonyl (C=O) groups excluding carboxylic acids is 3. The standard InChI is InChI=1S/C24H23N5O3S/c30-21(26-18-7-8-18)16-5-3-15(4-6-16)19-14-33-24(27-19)28-22(31)20-2-1-13-29(20)23(32)17-9-11-25-12-10-17/h3-6,9-12,14,18,20H,1-2,7-8,13H2,(H,26,30)(H,27,28,31). The fraction of sp³-hybridized carbons (Fsp3) is 0.292. The van der Waals surface area contributed by atoms with Gasteiger partial charge < -0.3 is 15.5 Å². The maximum atomic E-state index is 12.9. The molecule has 0 bridgehead atoms. The van der Waals surface area contributed by atoms with Crippen LogP contribution in [0.4, 0.5) is 5.13 Å². The Morgan fingerprint density at radius 3 is 2.45 bits per heavy atom. The van der Waals surface area contributed by atoms with Crippen LogP contribution in [0.15, 0.2) is 54.2 Å². The molecule has 33 heavy (non-hydrogen) atoms. The SMILES string of the molecule is O=C(NC1CC1)c1ccc(-c2csc(NC(=O)C3CCCN3C(=O)c3ccncc3)n2)cc1. The number of nitrogens with one attached hydrogen (secondary N) is 2. The Hall–Kier alpha value is -3.59. The van der Waals surface area contributed by atoms with Gasteiger partial charge in [0.25, 0.3) is 11.8 Å². The van der Waals surface area contributed by atoms with Crippen molar-refractivity contribution < 1.29 is 14.4 Å². The minimum Gasteiger partial charge on any atom is -0.349 e. The van der Waals surface area contributed by atoms with Crippen molar-refractivity contribution in [1.29, 1.82) is 0 Å². The van der Waals surface area contributed by atoms with E-state index < -0.39 is 6.04 Å². The fourth-order valence-electron chi connectivity index (χ4n) is 3.88. The normalized spacial score (nSPS) is 17.6. The summed E-state index contributed by atoms with van der Waals surface area (Å²) in [6.07, 6.45) is 6.63. The van der Waals surface area contributed by atoms with Crippen molar-refractivity contribution in [1.82, 2.24) is 20.2 Å². The van der Waals surface area contributed by atoms with Crippen LogP contribution in [0, 0.1) is 0 Å². The molecule has 1 atom stereocenters. The van der Waals surface area contributed by atoms with Crippen molar-refractivity contribution in [2.24, 2.45) is 0 Å². The van der Waals surface area contributed by atoms with Crippen LogP contribution >= 0.6 is 11.3 Å². The molecule has 1 aliphatic carbocycles. The maximum absolute atomic E-state index is 12.9. The molecule has 2 fully saturated rings. The predicted molar refractivity (Wildman–Crippen MR) is 125 cm³/mol. The van der Waals surface area contributed by atoms with Gasteiger partial charge in [-0.15, -0.1) is 11.3 Å².